The van der Waals surface area contributed by atoms with E-state index in [0.717, 1.165) is 11.1 Å². The highest BCUT2D eigenvalue weighted by Gasteiger charge is 2.26. The fourth-order valence-corrected chi connectivity index (χ4v) is 4.65. The van der Waals surface area contributed by atoms with Crippen LogP contribution in [0.4, 0.5) is 0 Å². The van der Waals surface area contributed by atoms with E-state index in [0.29, 0.717) is 38.6 Å². The van der Waals surface area contributed by atoms with Gasteiger partial charge >= 0.3 is 5.97 Å². The number of aryl methyl sites for hydroxylation is 1. The molecular weight excluding hydrogens is 402 g/mol. The van der Waals surface area contributed by atoms with Crippen molar-refractivity contribution in [3.8, 4) is 0 Å². The molecule has 0 amide bonds. The van der Waals surface area contributed by atoms with Gasteiger partial charge in [0.2, 0.25) is 10.0 Å². The molecule has 1 fully saturated rings. The minimum atomic E-state index is -3.50. The van der Waals surface area contributed by atoms with Crippen LogP contribution in [-0.2, 0) is 37.3 Å². The number of nitrogens with zero attached hydrogens (tertiary/aromatic N) is 1. The molecule has 0 N–H and O–H groups in total. The summed E-state index contributed by atoms with van der Waals surface area (Å²) in [5, 5.41) is 0. The smallest absolute Gasteiger partial charge is 0.306 e. The Kier molecular flexibility index (Phi) is 7.64. The van der Waals surface area contributed by atoms with E-state index < -0.39 is 10.0 Å². The zero-order valence-electron chi connectivity index (χ0n) is 17.5. The second kappa shape index (κ2) is 10.2. The zero-order chi connectivity index (χ0) is 21.6. The second-order valence-electron chi connectivity index (χ2n) is 7.72. The SMILES string of the molecule is CC(C)c1ccc(COC(=O)CCc2ccc(S(=O)(=O)N3CCOCC3)cc2)cc1. The number of morpholine rings is 1. The van der Waals surface area contributed by atoms with Gasteiger partial charge in [-0.3, -0.25) is 4.79 Å². The largest absolute Gasteiger partial charge is 0.461 e. The number of benzene rings is 2. The van der Waals surface area contributed by atoms with Gasteiger partial charge in [0.25, 0.3) is 0 Å². The molecule has 1 aliphatic rings. The topological polar surface area (TPSA) is 72.9 Å². The first-order valence-corrected chi connectivity index (χ1v) is 11.7. The Balaban J connectivity index is 1.48. The van der Waals surface area contributed by atoms with E-state index in [1.807, 2.05) is 12.1 Å². The number of carbonyl (C=O) groups excluding carboxylic acids is 1. The second-order valence-corrected chi connectivity index (χ2v) is 9.66. The highest BCUT2D eigenvalue weighted by Crippen LogP contribution is 2.19. The Hall–Kier alpha value is -2.22. The number of ether oxygens (including phenoxy) is 2. The number of hydrogen-bond acceptors (Lipinski definition) is 5. The third kappa shape index (κ3) is 5.90. The normalized spacial score (nSPS) is 15.3. The van der Waals surface area contributed by atoms with Crippen molar-refractivity contribution in [1.82, 2.24) is 4.31 Å². The van der Waals surface area contributed by atoms with Gasteiger partial charge in [-0.15, -0.1) is 0 Å². The Bertz CT molecular complexity index is 931. The molecule has 0 aliphatic carbocycles. The van der Waals surface area contributed by atoms with Crippen LogP contribution in [0.5, 0.6) is 0 Å². The molecule has 0 spiro atoms. The lowest BCUT2D eigenvalue weighted by Crippen LogP contribution is -2.40. The molecule has 0 radical (unpaired) electrons. The first-order valence-electron chi connectivity index (χ1n) is 10.3. The quantitative estimate of drug-likeness (QED) is 0.598. The molecule has 6 nitrogen and oxygen atoms in total. The lowest BCUT2D eigenvalue weighted by atomic mass is 10.0. The summed E-state index contributed by atoms with van der Waals surface area (Å²) in [7, 11) is -3.50. The van der Waals surface area contributed by atoms with Gasteiger partial charge in [0, 0.05) is 19.5 Å². The molecule has 0 bridgehead atoms. The molecular formula is C23H29NO5S. The summed E-state index contributed by atoms with van der Waals surface area (Å²) in [6.07, 6.45) is 0.753. The Morgan fingerprint density at radius 1 is 1.00 bits per heavy atom. The number of rotatable bonds is 8. The van der Waals surface area contributed by atoms with Gasteiger partial charge in [-0.25, -0.2) is 8.42 Å². The summed E-state index contributed by atoms with van der Waals surface area (Å²) in [6.45, 7) is 6.11. The van der Waals surface area contributed by atoms with Gasteiger partial charge in [0.05, 0.1) is 18.1 Å². The summed E-state index contributed by atoms with van der Waals surface area (Å²) in [5.74, 6) is 0.199. The maximum atomic E-state index is 12.6. The minimum absolute atomic E-state index is 0.250. The van der Waals surface area contributed by atoms with Crippen molar-refractivity contribution in [1.29, 1.82) is 0 Å². The number of sulfonamides is 1. The number of carbonyl (C=O) groups is 1. The monoisotopic (exact) mass is 431 g/mol. The Morgan fingerprint density at radius 3 is 2.20 bits per heavy atom. The number of esters is 1. The van der Waals surface area contributed by atoms with Crippen molar-refractivity contribution >= 4 is 16.0 Å². The van der Waals surface area contributed by atoms with E-state index >= 15 is 0 Å². The molecule has 2 aromatic carbocycles. The Morgan fingerprint density at radius 2 is 1.60 bits per heavy atom. The lowest BCUT2D eigenvalue weighted by Gasteiger charge is -2.26. The highest BCUT2D eigenvalue weighted by atomic mass is 32.2. The molecule has 30 heavy (non-hydrogen) atoms. The van der Waals surface area contributed by atoms with Crippen LogP contribution in [0.2, 0.25) is 0 Å². The van der Waals surface area contributed by atoms with Gasteiger partial charge < -0.3 is 9.47 Å². The van der Waals surface area contributed by atoms with E-state index in [2.05, 4.69) is 26.0 Å². The fraction of sp³-hybridized carbons (Fsp3) is 0.435. The molecule has 1 saturated heterocycles. The predicted octanol–water partition coefficient (Wildman–Crippen LogP) is 3.51. The molecule has 7 heteroatoms. The molecule has 1 heterocycles. The van der Waals surface area contributed by atoms with E-state index in [4.69, 9.17) is 9.47 Å². The molecule has 0 unspecified atom stereocenters. The summed E-state index contributed by atoms with van der Waals surface area (Å²) in [5.41, 5.74) is 3.11. The van der Waals surface area contributed by atoms with E-state index in [1.165, 1.54) is 9.87 Å². The van der Waals surface area contributed by atoms with Gasteiger partial charge in [-0.2, -0.15) is 4.31 Å². The van der Waals surface area contributed by atoms with Crippen LogP contribution >= 0.6 is 0 Å². The van der Waals surface area contributed by atoms with Crippen LogP contribution < -0.4 is 0 Å². The van der Waals surface area contributed by atoms with Gasteiger partial charge in [0.1, 0.15) is 6.61 Å². The molecule has 3 rings (SSSR count). The van der Waals surface area contributed by atoms with Crippen molar-refractivity contribution in [3.05, 3.63) is 65.2 Å². The van der Waals surface area contributed by atoms with Crippen LogP contribution in [0.25, 0.3) is 0 Å². The molecule has 0 saturated carbocycles. The predicted molar refractivity (Wildman–Crippen MR) is 115 cm³/mol. The van der Waals surface area contributed by atoms with E-state index in [1.54, 1.807) is 24.3 Å². The first-order chi connectivity index (χ1) is 14.4. The van der Waals surface area contributed by atoms with Crippen molar-refractivity contribution in [2.75, 3.05) is 26.3 Å². The van der Waals surface area contributed by atoms with Crippen LogP contribution in [0.15, 0.2) is 53.4 Å². The maximum absolute atomic E-state index is 12.6. The highest BCUT2D eigenvalue weighted by molar-refractivity contribution is 7.89. The molecule has 1 aliphatic heterocycles. The van der Waals surface area contributed by atoms with Crippen molar-refractivity contribution in [2.45, 2.75) is 44.1 Å². The lowest BCUT2D eigenvalue weighted by molar-refractivity contribution is -0.144. The fourth-order valence-electron chi connectivity index (χ4n) is 3.25. The molecule has 0 aromatic heterocycles. The van der Waals surface area contributed by atoms with Crippen LogP contribution in [0.1, 0.15) is 42.9 Å². The Labute approximate surface area is 178 Å². The summed E-state index contributed by atoms with van der Waals surface area (Å²) in [6, 6.07) is 14.8. The number of hydrogen-bond donors (Lipinski definition) is 0. The molecule has 2 aromatic rings. The van der Waals surface area contributed by atoms with Crippen molar-refractivity contribution in [2.24, 2.45) is 0 Å². The summed E-state index contributed by atoms with van der Waals surface area (Å²) in [4.78, 5) is 12.3. The van der Waals surface area contributed by atoms with Crippen LogP contribution in [-0.4, -0.2) is 45.0 Å². The molecule has 0 atom stereocenters. The van der Waals surface area contributed by atoms with Crippen molar-refractivity contribution in [3.63, 3.8) is 0 Å². The van der Waals surface area contributed by atoms with Crippen LogP contribution in [0.3, 0.4) is 0 Å². The van der Waals surface area contributed by atoms with Crippen LogP contribution in [0, 0.1) is 0 Å². The minimum Gasteiger partial charge on any atom is -0.461 e. The van der Waals surface area contributed by atoms with Gasteiger partial charge in [-0.1, -0.05) is 50.2 Å². The standard InChI is InChI=1S/C23H29NO5S/c1-18(2)21-8-3-20(4-9-21)17-29-23(25)12-7-19-5-10-22(11-6-19)30(26,27)24-13-15-28-16-14-24/h3-6,8-11,18H,7,12-17H2,1-2H3. The van der Waals surface area contributed by atoms with E-state index in [-0.39, 0.29) is 23.9 Å². The third-order valence-electron chi connectivity index (χ3n) is 5.20. The summed E-state index contributed by atoms with van der Waals surface area (Å²) < 4.78 is 37.3. The zero-order valence-corrected chi connectivity index (χ0v) is 18.4. The third-order valence-corrected chi connectivity index (χ3v) is 7.11. The average molecular weight is 432 g/mol. The van der Waals surface area contributed by atoms with E-state index in [9.17, 15) is 13.2 Å². The summed E-state index contributed by atoms with van der Waals surface area (Å²) >= 11 is 0. The maximum Gasteiger partial charge on any atom is 0.306 e. The molecule has 162 valence electrons. The van der Waals surface area contributed by atoms with Crippen molar-refractivity contribution < 1.29 is 22.7 Å². The first kappa shape index (κ1) is 22.5. The average Bonchev–Trinajstić information content (AvgIpc) is 2.77. The van der Waals surface area contributed by atoms with Gasteiger partial charge in [0.15, 0.2) is 0 Å². The van der Waals surface area contributed by atoms with Gasteiger partial charge in [-0.05, 0) is 41.2 Å².